The summed E-state index contributed by atoms with van der Waals surface area (Å²) in [7, 11) is 0. The average molecular weight is 196 g/mol. The molecule has 0 atom stereocenters. The maximum atomic E-state index is 4.25. The third-order valence-electron chi connectivity index (χ3n) is 2.07. The van der Waals surface area contributed by atoms with E-state index in [0.717, 1.165) is 12.1 Å². The van der Waals surface area contributed by atoms with E-state index in [2.05, 4.69) is 22.1 Å². The molecule has 15 heavy (non-hydrogen) atoms. The van der Waals surface area contributed by atoms with Gasteiger partial charge >= 0.3 is 0 Å². The molecule has 0 spiro atoms. The molecular weight excluding hydrogens is 184 g/mol. The molecule has 2 aromatic rings. The van der Waals surface area contributed by atoms with E-state index in [9.17, 15) is 0 Å². The summed E-state index contributed by atoms with van der Waals surface area (Å²) in [5.74, 6) is 0. The van der Waals surface area contributed by atoms with Gasteiger partial charge in [-0.3, -0.25) is 9.97 Å². The molecule has 0 aliphatic carbocycles. The summed E-state index contributed by atoms with van der Waals surface area (Å²) in [4.78, 5) is 8.21. The molecule has 2 nitrogen and oxygen atoms in total. The SMILES string of the molecule is C(=Cc1ccncc1)Cc1ccccn1. The van der Waals surface area contributed by atoms with Crippen molar-refractivity contribution in [3.05, 3.63) is 66.3 Å². The summed E-state index contributed by atoms with van der Waals surface area (Å²) >= 11 is 0. The fourth-order valence-corrected chi connectivity index (χ4v) is 1.31. The highest BCUT2D eigenvalue weighted by Gasteiger charge is 1.88. The van der Waals surface area contributed by atoms with E-state index in [1.54, 1.807) is 12.4 Å². The van der Waals surface area contributed by atoms with Crippen LogP contribution in [-0.4, -0.2) is 9.97 Å². The number of hydrogen-bond donors (Lipinski definition) is 0. The van der Waals surface area contributed by atoms with Crippen LogP contribution < -0.4 is 0 Å². The van der Waals surface area contributed by atoms with Crippen molar-refractivity contribution in [2.45, 2.75) is 6.42 Å². The Morgan fingerprint density at radius 2 is 1.87 bits per heavy atom. The maximum Gasteiger partial charge on any atom is 0.0441 e. The quantitative estimate of drug-likeness (QED) is 0.754. The van der Waals surface area contributed by atoms with Crippen molar-refractivity contribution in [3.63, 3.8) is 0 Å². The summed E-state index contributed by atoms with van der Waals surface area (Å²) in [6, 6.07) is 9.92. The Hall–Kier alpha value is -1.96. The molecule has 0 N–H and O–H groups in total. The topological polar surface area (TPSA) is 25.8 Å². The molecule has 0 fully saturated rings. The van der Waals surface area contributed by atoms with Gasteiger partial charge in [-0.25, -0.2) is 0 Å². The minimum Gasteiger partial charge on any atom is -0.265 e. The van der Waals surface area contributed by atoms with Gasteiger partial charge in [0, 0.05) is 30.7 Å². The van der Waals surface area contributed by atoms with Crippen LogP contribution in [0.4, 0.5) is 0 Å². The molecule has 0 amide bonds. The van der Waals surface area contributed by atoms with E-state index in [4.69, 9.17) is 0 Å². The van der Waals surface area contributed by atoms with E-state index in [0.29, 0.717) is 0 Å². The van der Waals surface area contributed by atoms with Gasteiger partial charge in [-0.05, 0) is 29.8 Å². The molecule has 2 heterocycles. The Morgan fingerprint density at radius 3 is 2.60 bits per heavy atom. The van der Waals surface area contributed by atoms with Crippen molar-refractivity contribution in [3.8, 4) is 0 Å². The van der Waals surface area contributed by atoms with Crippen molar-refractivity contribution in [1.82, 2.24) is 9.97 Å². The first-order valence-corrected chi connectivity index (χ1v) is 4.91. The number of nitrogens with zero attached hydrogens (tertiary/aromatic N) is 2. The molecule has 0 radical (unpaired) electrons. The van der Waals surface area contributed by atoms with Crippen molar-refractivity contribution in [1.29, 1.82) is 0 Å². The highest BCUT2D eigenvalue weighted by atomic mass is 14.7. The lowest BCUT2D eigenvalue weighted by molar-refractivity contribution is 1.11. The van der Waals surface area contributed by atoms with Gasteiger partial charge in [0.2, 0.25) is 0 Å². The molecule has 2 heteroatoms. The van der Waals surface area contributed by atoms with E-state index in [-0.39, 0.29) is 0 Å². The smallest absolute Gasteiger partial charge is 0.0441 e. The predicted molar refractivity (Wildman–Crippen MR) is 61.2 cm³/mol. The molecule has 0 saturated heterocycles. The Bertz CT molecular complexity index is 421. The number of pyridine rings is 2. The molecule has 0 bridgehead atoms. The molecular formula is C13H12N2. The van der Waals surface area contributed by atoms with Crippen LogP contribution in [0.15, 0.2) is 55.0 Å². The van der Waals surface area contributed by atoms with Gasteiger partial charge < -0.3 is 0 Å². The Balaban J connectivity index is 1.97. The summed E-state index contributed by atoms with van der Waals surface area (Å²) in [5, 5.41) is 0. The number of allylic oxidation sites excluding steroid dienone is 1. The van der Waals surface area contributed by atoms with Crippen LogP contribution in [0.2, 0.25) is 0 Å². The van der Waals surface area contributed by atoms with Crippen molar-refractivity contribution < 1.29 is 0 Å². The van der Waals surface area contributed by atoms with Crippen LogP contribution >= 0.6 is 0 Å². The first-order valence-electron chi connectivity index (χ1n) is 4.91. The summed E-state index contributed by atoms with van der Waals surface area (Å²) in [6.07, 6.45) is 10.5. The van der Waals surface area contributed by atoms with Crippen LogP contribution in [0.1, 0.15) is 11.3 Å². The second-order valence-electron chi connectivity index (χ2n) is 3.21. The molecule has 0 saturated carbocycles. The lowest BCUT2D eigenvalue weighted by Gasteiger charge is -1.93. The van der Waals surface area contributed by atoms with Gasteiger partial charge in [0.05, 0.1) is 0 Å². The molecule has 2 rings (SSSR count). The van der Waals surface area contributed by atoms with Gasteiger partial charge in [-0.15, -0.1) is 0 Å². The standard InChI is InChI=1S/C13H12N2/c1-2-9-15-13(5-1)6-3-4-12-7-10-14-11-8-12/h1-5,7-11H,6H2. The first kappa shape index (κ1) is 9.59. The largest absolute Gasteiger partial charge is 0.265 e. The summed E-state index contributed by atoms with van der Waals surface area (Å²) < 4.78 is 0. The van der Waals surface area contributed by atoms with Gasteiger partial charge in [-0.1, -0.05) is 18.2 Å². The van der Waals surface area contributed by atoms with Gasteiger partial charge in [0.25, 0.3) is 0 Å². The molecule has 0 aliphatic rings. The van der Waals surface area contributed by atoms with Crippen LogP contribution in [-0.2, 0) is 6.42 Å². The fraction of sp³-hybridized carbons (Fsp3) is 0.0769. The molecule has 0 aliphatic heterocycles. The van der Waals surface area contributed by atoms with E-state index in [1.165, 1.54) is 5.56 Å². The Morgan fingerprint density at radius 1 is 1.00 bits per heavy atom. The minimum absolute atomic E-state index is 0.864. The zero-order valence-electron chi connectivity index (χ0n) is 8.38. The summed E-state index contributed by atoms with van der Waals surface area (Å²) in [5.41, 5.74) is 2.25. The predicted octanol–water partition coefficient (Wildman–Crippen LogP) is 2.73. The number of rotatable bonds is 3. The third kappa shape index (κ3) is 3.02. The number of hydrogen-bond acceptors (Lipinski definition) is 2. The van der Waals surface area contributed by atoms with E-state index in [1.807, 2.05) is 36.5 Å². The minimum atomic E-state index is 0.864. The van der Waals surface area contributed by atoms with Crippen LogP contribution in [0.5, 0.6) is 0 Å². The zero-order chi connectivity index (χ0) is 10.3. The molecule has 2 aromatic heterocycles. The molecule has 74 valence electrons. The Kier molecular flexibility index (Phi) is 3.23. The third-order valence-corrected chi connectivity index (χ3v) is 2.07. The van der Waals surface area contributed by atoms with Crippen LogP contribution in [0.25, 0.3) is 6.08 Å². The lowest BCUT2D eigenvalue weighted by Crippen LogP contribution is -1.84. The number of aromatic nitrogens is 2. The highest BCUT2D eigenvalue weighted by Crippen LogP contribution is 2.01. The highest BCUT2D eigenvalue weighted by molar-refractivity contribution is 5.48. The average Bonchev–Trinajstić information content (AvgIpc) is 2.32. The monoisotopic (exact) mass is 196 g/mol. The molecule has 0 unspecified atom stereocenters. The van der Waals surface area contributed by atoms with Crippen molar-refractivity contribution in [2.75, 3.05) is 0 Å². The summed E-state index contributed by atoms with van der Waals surface area (Å²) in [6.45, 7) is 0. The molecule has 0 aromatic carbocycles. The Labute approximate surface area is 89.3 Å². The van der Waals surface area contributed by atoms with Crippen LogP contribution in [0, 0.1) is 0 Å². The fourth-order valence-electron chi connectivity index (χ4n) is 1.31. The van der Waals surface area contributed by atoms with Crippen molar-refractivity contribution >= 4 is 6.08 Å². The van der Waals surface area contributed by atoms with E-state index >= 15 is 0 Å². The van der Waals surface area contributed by atoms with Crippen LogP contribution in [0.3, 0.4) is 0 Å². The maximum absolute atomic E-state index is 4.25. The second kappa shape index (κ2) is 5.05. The van der Waals surface area contributed by atoms with Gasteiger partial charge in [0.15, 0.2) is 0 Å². The lowest BCUT2D eigenvalue weighted by atomic mass is 10.2. The first-order chi connectivity index (χ1) is 7.45. The van der Waals surface area contributed by atoms with Crippen molar-refractivity contribution in [2.24, 2.45) is 0 Å². The van der Waals surface area contributed by atoms with Gasteiger partial charge in [0.1, 0.15) is 0 Å². The zero-order valence-corrected chi connectivity index (χ0v) is 8.38. The normalized spacial score (nSPS) is 10.7. The van der Waals surface area contributed by atoms with E-state index < -0.39 is 0 Å². The second-order valence-corrected chi connectivity index (χ2v) is 3.21. The van der Waals surface area contributed by atoms with Gasteiger partial charge in [-0.2, -0.15) is 0 Å².